The molecule has 114 valence electrons. The minimum absolute atomic E-state index is 0.0204. The van der Waals surface area contributed by atoms with Crippen LogP contribution < -0.4 is 0 Å². The molecule has 0 aliphatic heterocycles. The van der Waals surface area contributed by atoms with Crippen molar-refractivity contribution in [1.82, 2.24) is 15.0 Å². The predicted molar refractivity (Wildman–Crippen MR) is 92.4 cm³/mol. The Morgan fingerprint density at radius 2 is 1.96 bits per heavy atom. The molecule has 2 aromatic heterocycles. The third-order valence-electron chi connectivity index (χ3n) is 3.33. The Labute approximate surface area is 138 Å². The molecular weight excluding hydrogens is 306 g/mol. The van der Waals surface area contributed by atoms with Crippen LogP contribution in [0.1, 0.15) is 27.2 Å². The van der Waals surface area contributed by atoms with Crippen LogP contribution in [-0.4, -0.2) is 20.7 Å². The van der Waals surface area contributed by atoms with Crippen molar-refractivity contribution in [2.45, 2.75) is 13.8 Å². The first-order chi connectivity index (χ1) is 11.1. The average Bonchev–Trinajstić information content (AvgIpc) is 3.02. The molecule has 5 heteroatoms. The highest BCUT2D eigenvalue weighted by molar-refractivity contribution is 7.13. The van der Waals surface area contributed by atoms with Gasteiger partial charge in [0.2, 0.25) is 0 Å². The lowest BCUT2D eigenvalue weighted by Crippen LogP contribution is -1.98. The molecule has 0 spiro atoms. The number of carbonyl (C=O) groups is 1. The Kier molecular flexibility index (Phi) is 4.39. The monoisotopic (exact) mass is 321 g/mol. The maximum Gasteiger partial charge on any atom is 0.188 e. The number of aromatic nitrogens is 3. The third kappa shape index (κ3) is 3.57. The van der Waals surface area contributed by atoms with E-state index >= 15 is 0 Å². The van der Waals surface area contributed by atoms with Crippen LogP contribution in [0.15, 0.2) is 48.1 Å². The summed E-state index contributed by atoms with van der Waals surface area (Å²) in [5, 5.41) is 2.63. The SMILES string of the molecule is Cc1ccc(C(=O)C=Cc2csc(-c3ncccn3)n2)c(C)c1. The number of allylic oxidation sites excluding steroid dienone is 1. The molecule has 23 heavy (non-hydrogen) atoms. The molecule has 0 radical (unpaired) electrons. The number of carbonyl (C=O) groups excluding carboxylic acids is 1. The van der Waals surface area contributed by atoms with E-state index in [1.54, 1.807) is 30.6 Å². The number of hydrogen-bond donors (Lipinski definition) is 0. The number of ketones is 1. The summed E-state index contributed by atoms with van der Waals surface area (Å²) in [6.07, 6.45) is 6.65. The summed E-state index contributed by atoms with van der Waals surface area (Å²) >= 11 is 1.46. The minimum Gasteiger partial charge on any atom is -0.289 e. The molecule has 2 heterocycles. The molecule has 0 saturated heterocycles. The molecule has 0 fully saturated rings. The number of nitrogens with zero attached hydrogens (tertiary/aromatic N) is 3. The molecular formula is C18H15N3OS. The number of thiazole rings is 1. The summed E-state index contributed by atoms with van der Waals surface area (Å²) in [6.45, 7) is 3.96. The first-order valence-electron chi connectivity index (χ1n) is 7.16. The lowest BCUT2D eigenvalue weighted by molar-refractivity contribution is 0.104. The van der Waals surface area contributed by atoms with Gasteiger partial charge in [0.1, 0.15) is 0 Å². The fraction of sp³-hybridized carbons (Fsp3) is 0.111. The molecule has 1 aromatic carbocycles. The zero-order chi connectivity index (χ0) is 16.2. The van der Waals surface area contributed by atoms with E-state index in [2.05, 4.69) is 15.0 Å². The standard InChI is InChI=1S/C18H15N3OS/c1-12-4-6-15(13(2)10-12)16(22)7-5-14-11-23-18(21-14)17-19-8-3-9-20-17/h3-11H,1-2H3. The second kappa shape index (κ2) is 6.62. The molecule has 0 amide bonds. The van der Waals surface area contributed by atoms with Crippen LogP contribution in [0, 0.1) is 13.8 Å². The van der Waals surface area contributed by atoms with Crippen molar-refractivity contribution in [3.8, 4) is 10.8 Å². The van der Waals surface area contributed by atoms with Crippen LogP contribution in [0.2, 0.25) is 0 Å². The fourth-order valence-electron chi connectivity index (χ4n) is 2.22. The van der Waals surface area contributed by atoms with Crippen LogP contribution in [-0.2, 0) is 0 Å². The molecule has 0 saturated carbocycles. The minimum atomic E-state index is -0.0204. The van der Waals surface area contributed by atoms with Crippen LogP contribution in [0.25, 0.3) is 16.9 Å². The van der Waals surface area contributed by atoms with Gasteiger partial charge in [0.15, 0.2) is 16.6 Å². The van der Waals surface area contributed by atoms with Crippen molar-refractivity contribution in [2.75, 3.05) is 0 Å². The molecule has 0 aliphatic rings. The van der Waals surface area contributed by atoms with E-state index in [1.165, 1.54) is 11.3 Å². The molecule has 0 aliphatic carbocycles. The van der Waals surface area contributed by atoms with Gasteiger partial charge >= 0.3 is 0 Å². The van der Waals surface area contributed by atoms with Crippen LogP contribution in [0.5, 0.6) is 0 Å². The number of hydrogen-bond acceptors (Lipinski definition) is 5. The Balaban J connectivity index is 1.78. The van der Waals surface area contributed by atoms with Gasteiger partial charge in [-0.1, -0.05) is 23.8 Å². The van der Waals surface area contributed by atoms with E-state index in [1.807, 2.05) is 37.4 Å². The van der Waals surface area contributed by atoms with Crippen molar-refractivity contribution in [2.24, 2.45) is 0 Å². The Morgan fingerprint density at radius 3 is 2.70 bits per heavy atom. The Hall–Kier alpha value is -2.66. The normalized spacial score (nSPS) is 11.0. The molecule has 0 atom stereocenters. The maximum absolute atomic E-state index is 12.3. The van der Waals surface area contributed by atoms with E-state index in [0.29, 0.717) is 11.4 Å². The average molecular weight is 321 g/mol. The maximum atomic E-state index is 12.3. The van der Waals surface area contributed by atoms with Crippen molar-refractivity contribution >= 4 is 23.2 Å². The van der Waals surface area contributed by atoms with E-state index < -0.39 is 0 Å². The first kappa shape index (κ1) is 15.2. The molecule has 0 unspecified atom stereocenters. The summed E-state index contributed by atoms with van der Waals surface area (Å²) in [5.74, 6) is 0.575. The van der Waals surface area contributed by atoms with E-state index in [0.717, 1.165) is 21.8 Å². The molecule has 0 bridgehead atoms. The Bertz CT molecular complexity index is 869. The van der Waals surface area contributed by atoms with Crippen LogP contribution in [0.4, 0.5) is 0 Å². The highest BCUT2D eigenvalue weighted by Crippen LogP contribution is 2.20. The third-order valence-corrected chi connectivity index (χ3v) is 4.19. The van der Waals surface area contributed by atoms with Gasteiger partial charge in [-0.05, 0) is 37.6 Å². The molecule has 0 N–H and O–H groups in total. The molecule has 3 aromatic rings. The van der Waals surface area contributed by atoms with E-state index in [9.17, 15) is 4.79 Å². The van der Waals surface area contributed by atoms with Gasteiger partial charge in [-0.15, -0.1) is 11.3 Å². The number of benzene rings is 1. The lowest BCUT2D eigenvalue weighted by Gasteiger charge is -2.02. The van der Waals surface area contributed by atoms with E-state index in [4.69, 9.17) is 0 Å². The van der Waals surface area contributed by atoms with Crippen LogP contribution >= 0.6 is 11.3 Å². The summed E-state index contributed by atoms with van der Waals surface area (Å²) in [5.41, 5.74) is 3.58. The zero-order valence-electron chi connectivity index (χ0n) is 12.9. The summed E-state index contributed by atoms with van der Waals surface area (Å²) in [4.78, 5) is 25.1. The summed E-state index contributed by atoms with van der Waals surface area (Å²) < 4.78 is 0. The molecule has 3 rings (SSSR count). The highest BCUT2D eigenvalue weighted by atomic mass is 32.1. The smallest absolute Gasteiger partial charge is 0.188 e. The second-order valence-corrected chi connectivity index (χ2v) is 6.02. The Morgan fingerprint density at radius 1 is 1.17 bits per heavy atom. The van der Waals surface area contributed by atoms with Crippen molar-refractivity contribution < 1.29 is 4.79 Å². The van der Waals surface area contributed by atoms with Crippen molar-refractivity contribution in [3.05, 3.63) is 70.5 Å². The fourth-order valence-corrected chi connectivity index (χ4v) is 2.95. The lowest BCUT2D eigenvalue weighted by atomic mass is 10.0. The summed E-state index contributed by atoms with van der Waals surface area (Å²) in [6, 6.07) is 7.58. The highest BCUT2D eigenvalue weighted by Gasteiger charge is 2.07. The van der Waals surface area contributed by atoms with Crippen LogP contribution in [0.3, 0.4) is 0 Å². The van der Waals surface area contributed by atoms with Gasteiger partial charge in [-0.3, -0.25) is 4.79 Å². The van der Waals surface area contributed by atoms with Gasteiger partial charge < -0.3 is 0 Å². The van der Waals surface area contributed by atoms with Gasteiger partial charge in [-0.2, -0.15) is 0 Å². The first-order valence-corrected chi connectivity index (χ1v) is 8.04. The van der Waals surface area contributed by atoms with E-state index in [-0.39, 0.29) is 5.78 Å². The second-order valence-electron chi connectivity index (χ2n) is 5.17. The summed E-state index contributed by atoms with van der Waals surface area (Å²) in [7, 11) is 0. The van der Waals surface area contributed by atoms with Gasteiger partial charge in [0.05, 0.1) is 5.69 Å². The molecule has 4 nitrogen and oxygen atoms in total. The number of rotatable bonds is 4. The number of aryl methyl sites for hydroxylation is 2. The predicted octanol–water partition coefficient (Wildman–Crippen LogP) is 4.11. The van der Waals surface area contributed by atoms with Gasteiger partial charge in [0, 0.05) is 23.3 Å². The zero-order valence-corrected chi connectivity index (χ0v) is 13.7. The van der Waals surface area contributed by atoms with Crippen molar-refractivity contribution in [1.29, 1.82) is 0 Å². The topological polar surface area (TPSA) is 55.7 Å². The van der Waals surface area contributed by atoms with Gasteiger partial charge in [0.25, 0.3) is 0 Å². The van der Waals surface area contributed by atoms with Crippen molar-refractivity contribution in [3.63, 3.8) is 0 Å². The largest absolute Gasteiger partial charge is 0.289 e. The van der Waals surface area contributed by atoms with Gasteiger partial charge in [-0.25, -0.2) is 15.0 Å². The quantitative estimate of drug-likeness (QED) is 0.536.